The number of hydrogen-bond donors (Lipinski definition) is 1. The minimum atomic E-state index is 0.0989. The van der Waals surface area contributed by atoms with Gasteiger partial charge in [-0.1, -0.05) is 72.3 Å². The molecule has 1 N–H and O–H groups in total. The molecule has 1 atom stereocenters. The molecule has 4 nitrogen and oxygen atoms in total. The molecular weight excluding hydrogens is 404 g/mol. The molecule has 2 heterocycles. The molecule has 0 aliphatic carbocycles. The average molecular weight is 425 g/mol. The number of nitrogens with zero attached hydrogens (tertiary/aromatic N) is 3. The van der Waals surface area contributed by atoms with Crippen molar-refractivity contribution < 1.29 is 0 Å². The van der Waals surface area contributed by atoms with E-state index in [0.29, 0.717) is 5.02 Å². The molecule has 5 aromatic rings. The first-order valence-corrected chi connectivity index (χ1v) is 10.6. The number of anilines is 1. The summed E-state index contributed by atoms with van der Waals surface area (Å²) < 4.78 is 2.09. The Hall–Kier alpha value is -3.63. The highest BCUT2D eigenvalue weighted by Crippen LogP contribution is 2.36. The molecular formula is C26H21ClN4. The molecule has 3 aromatic carbocycles. The van der Waals surface area contributed by atoms with Gasteiger partial charge in [-0.25, -0.2) is 9.97 Å². The quantitative estimate of drug-likeness (QED) is 0.333. The lowest BCUT2D eigenvalue weighted by Crippen LogP contribution is -2.08. The van der Waals surface area contributed by atoms with E-state index >= 15 is 0 Å². The number of rotatable bonds is 5. The van der Waals surface area contributed by atoms with Crippen LogP contribution in [0, 0.1) is 0 Å². The van der Waals surface area contributed by atoms with Crippen LogP contribution in [0.15, 0.2) is 97.5 Å². The Bertz CT molecular complexity index is 1310. The summed E-state index contributed by atoms with van der Waals surface area (Å²) in [6, 6.07) is 28.6. The van der Waals surface area contributed by atoms with Gasteiger partial charge in [0.05, 0.1) is 5.39 Å². The van der Waals surface area contributed by atoms with Crippen molar-refractivity contribution in [3.8, 4) is 16.8 Å². The van der Waals surface area contributed by atoms with Gasteiger partial charge in [0.1, 0.15) is 12.1 Å². The van der Waals surface area contributed by atoms with Gasteiger partial charge in [-0.05, 0) is 42.3 Å². The van der Waals surface area contributed by atoms with Crippen LogP contribution in [0.3, 0.4) is 0 Å². The maximum Gasteiger partial charge on any atom is 0.150 e. The maximum absolute atomic E-state index is 6.11. The molecule has 0 radical (unpaired) electrons. The van der Waals surface area contributed by atoms with Crippen molar-refractivity contribution in [2.24, 2.45) is 0 Å². The lowest BCUT2D eigenvalue weighted by atomic mass is 10.1. The van der Waals surface area contributed by atoms with E-state index in [9.17, 15) is 0 Å². The molecule has 5 rings (SSSR count). The van der Waals surface area contributed by atoms with Crippen molar-refractivity contribution >= 4 is 28.5 Å². The average Bonchev–Trinajstić information content (AvgIpc) is 3.21. The fourth-order valence-corrected chi connectivity index (χ4v) is 3.96. The minimum absolute atomic E-state index is 0.0989. The highest BCUT2D eigenvalue weighted by atomic mass is 35.5. The molecule has 0 saturated heterocycles. The van der Waals surface area contributed by atoms with E-state index in [1.54, 1.807) is 6.33 Å². The number of aromatic nitrogens is 3. The zero-order valence-electron chi connectivity index (χ0n) is 17.0. The molecule has 0 aliphatic heterocycles. The number of hydrogen-bond acceptors (Lipinski definition) is 3. The third-order valence-corrected chi connectivity index (χ3v) is 5.68. The maximum atomic E-state index is 6.11. The summed E-state index contributed by atoms with van der Waals surface area (Å²) in [7, 11) is 0. The van der Waals surface area contributed by atoms with Gasteiger partial charge in [-0.15, -0.1) is 0 Å². The van der Waals surface area contributed by atoms with E-state index in [1.165, 1.54) is 5.56 Å². The SMILES string of the molecule is CC(Nc1ncnc2c1c(-c1ccccc1)cn2-c1ccc(Cl)cc1)c1ccccc1. The molecule has 0 fully saturated rings. The van der Waals surface area contributed by atoms with Gasteiger partial charge in [-0.2, -0.15) is 0 Å². The van der Waals surface area contributed by atoms with Crippen molar-refractivity contribution in [2.75, 3.05) is 5.32 Å². The molecule has 31 heavy (non-hydrogen) atoms. The normalized spacial score (nSPS) is 12.1. The molecule has 1 unspecified atom stereocenters. The fraction of sp³-hybridized carbons (Fsp3) is 0.0769. The summed E-state index contributed by atoms with van der Waals surface area (Å²) >= 11 is 6.11. The van der Waals surface area contributed by atoms with E-state index in [-0.39, 0.29) is 6.04 Å². The molecule has 0 aliphatic rings. The van der Waals surface area contributed by atoms with E-state index in [4.69, 9.17) is 11.6 Å². The Kier molecular flexibility index (Phi) is 5.14. The van der Waals surface area contributed by atoms with E-state index < -0.39 is 0 Å². The Morgan fingerprint density at radius 2 is 1.52 bits per heavy atom. The zero-order chi connectivity index (χ0) is 21.2. The second-order valence-electron chi connectivity index (χ2n) is 7.45. The highest BCUT2D eigenvalue weighted by Gasteiger charge is 2.18. The smallest absolute Gasteiger partial charge is 0.150 e. The number of fused-ring (bicyclic) bond motifs is 1. The van der Waals surface area contributed by atoms with Crippen molar-refractivity contribution in [2.45, 2.75) is 13.0 Å². The van der Waals surface area contributed by atoms with Crippen LogP contribution in [0.5, 0.6) is 0 Å². The number of halogens is 1. The topological polar surface area (TPSA) is 42.7 Å². The van der Waals surface area contributed by atoms with Crippen LogP contribution in [-0.2, 0) is 0 Å². The van der Waals surface area contributed by atoms with E-state index in [1.807, 2.05) is 48.5 Å². The summed E-state index contributed by atoms with van der Waals surface area (Å²) in [4.78, 5) is 9.27. The van der Waals surface area contributed by atoms with Gasteiger partial charge < -0.3 is 9.88 Å². The van der Waals surface area contributed by atoms with Crippen LogP contribution in [0.4, 0.5) is 5.82 Å². The van der Waals surface area contributed by atoms with Crippen molar-refractivity contribution in [3.05, 3.63) is 108 Å². The summed E-state index contributed by atoms with van der Waals surface area (Å²) in [6.07, 6.45) is 3.74. The molecule has 5 heteroatoms. The first-order valence-electron chi connectivity index (χ1n) is 10.2. The summed E-state index contributed by atoms with van der Waals surface area (Å²) in [6.45, 7) is 2.14. The second-order valence-corrected chi connectivity index (χ2v) is 7.89. The molecule has 2 aromatic heterocycles. The van der Waals surface area contributed by atoms with Crippen molar-refractivity contribution in [1.82, 2.24) is 14.5 Å². The predicted molar refractivity (Wildman–Crippen MR) is 128 cm³/mol. The first-order chi connectivity index (χ1) is 15.2. The Labute approximate surface area is 186 Å². The second kappa shape index (κ2) is 8.25. The van der Waals surface area contributed by atoms with Gasteiger partial charge in [0.15, 0.2) is 5.65 Å². The summed E-state index contributed by atoms with van der Waals surface area (Å²) in [5, 5.41) is 5.30. The van der Waals surface area contributed by atoms with E-state index in [2.05, 4.69) is 69.4 Å². The molecule has 0 bridgehead atoms. The van der Waals surface area contributed by atoms with Gasteiger partial charge in [0.2, 0.25) is 0 Å². The van der Waals surface area contributed by atoms with Gasteiger partial charge in [-0.3, -0.25) is 0 Å². The van der Waals surface area contributed by atoms with Gasteiger partial charge >= 0.3 is 0 Å². The third-order valence-electron chi connectivity index (χ3n) is 5.43. The third kappa shape index (κ3) is 3.78. The largest absolute Gasteiger partial charge is 0.363 e. The molecule has 0 spiro atoms. The Morgan fingerprint density at radius 3 is 2.23 bits per heavy atom. The molecule has 0 saturated carbocycles. The lowest BCUT2D eigenvalue weighted by molar-refractivity contribution is 0.875. The zero-order valence-corrected chi connectivity index (χ0v) is 17.8. The predicted octanol–water partition coefficient (Wildman–Crippen LogP) is 6.91. The fourth-order valence-electron chi connectivity index (χ4n) is 3.84. The summed E-state index contributed by atoms with van der Waals surface area (Å²) in [5.41, 5.74) is 5.24. The monoisotopic (exact) mass is 424 g/mol. The molecule has 0 amide bonds. The number of nitrogens with one attached hydrogen (secondary N) is 1. The van der Waals surface area contributed by atoms with Gasteiger partial charge in [0, 0.05) is 28.5 Å². The standard InChI is InChI=1S/C26H21ClN4/c1-18(19-8-4-2-5-9-19)30-25-24-23(20-10-6-3-7-11-20)16-31(26(24)29-17-28-25)22-14-12-21(27)13-15-22/h2-18H,1H3,(H,28,29,30). The van der Waals surface area contributed by atoms with Gasteiger partial charge in [0.25, 0.3) is 0 Å². The van der Waals surface area contributed by atoms with E-state index in [0.717, 1.165) is 33.7 Å². The molecule has 152 valence electrons. The Morgan fingerprint density at radius 1 is 0.839 bits per heavy atom. The van der Waals surface area contributed by atoms with Crippen LogP contribution < -0.4 is 5.32 Å². The Balaban J connectivity index is 1.69. The minimum Gasteiger partial charge on any atom is -0.363 e. The van der Waals surface area contributed by atoms with Crippen LogP contribution in [0.2, 0.25) is 5.02 Å². The summed E-state index contributed by atoms with van der Waals surface area (Å²) in [5.74, 6) is 0.813. The number of benzene rings is 3. The lowest BCUT2D eigenvalue weighted by Gasteiger charge is -2.16. The van der Waals surface area contributed by atoms with Crippen LogP contribution >= 0.6 is 11.6 Å². The van der Waals surface area contributed by atoms with Crippen LogP contribution in [0.1, 0.15) is 18.5 Å². The van der Waals surface area contributed by atoms with Crippen LogP contribution in [-0.4, -0.2) is 14.5 Å². The highest BCUT2D eigenvalue weighted by molar-refractivity contribution is 6.30. The first kappa shape index (κ1) is 19.3. The van der Waals surface area contributed by atoms with Crippen LogP contribution in [0.25, 0.3) is 27.8 Å². The van der Waals surface area contributed by atoms with Crippen molar-refractivity contribution in [1.29, 1.82) is 0 Å². The van der Waals surface area contributed by atoms with Crippen molar-refractivity contribution in [3.63, 3.8) is 0 Å².